The number of nitriles is 1. The monoisotopic (exact) mass is 448 g/mol. The molecule has 0 saturated carbocycles. The number of nitrogens with zero attached hydrogens (tertiary/aromatic N) is 1. The molecule has 0 spiro atoms. The first kappa shape index (κ1) is 21.7. The zero-order valence-corrected chi connectivity index (χ0v) is 17.2. The van der Waals surface area contributed by atoms with E-state index in [4.69, 9.17) is 5.26 Å². The summed E-state index contributed by atoms with van der Waals surface area (Å²) in [5, 5.41) is 18.3. The highest BCUT2D eigenvalue weighted by molar-refractivity contribution is 8.00. The highest BCUT2D eigenvalue weighted by Crippen LogP contribution is 2.40. The van der Waals surface area contributed by atoms with Crippen LogP contribution < -0.4 is 4.72 Å². The van der Waals surface area contributed by atoms with Crippen molar-refractivity contribution in [2.75, 3.05) is 4.72 Å². The summed E-state index contributed by atoms with van der Waals surface area (Å²) >= 11 is 2.24. The first-order valence-electron chi connectivity index (χ1n) is 8.73. The lowest BCUT2D eigenvalue weighted by Gasteiger charge is -2.15. The predicted molar refractivity (Wildman–Crippen MR) is 112 cm³/mol. The van der Waals surface area contributed by atoms with Crippen LogP contribution in [0.2, 0.25) is 0 Å². The van der Waals surface area contributed by atoms with E-state index < -0.39 is 17.7 Å². The third-order valence-electron chi connectivity index (χ3n) is 4.29. The topological polar surface area (TPSA) is 73.1 Å². The number of carboxylic acids is 1. The van der Waals surface area contributed by atoms with E-state index in [-0.39, 0.29) is 11.3 Å². The zero-order valence-electron chi connectivity index (χ0n) is 15.6. The molecule has 0 atom stereocenters. The number of anilines is 1. The van der Waals surface area contributed by atoms with Gasteiger partial charge < -0.3 is 9.83 Å². The largest absolute Gasteiger partial charge is 0.478 e. The molecule has 9 heteroatoms. The maximum absolute atomic E-state index is 13.2. The standard InChI is InChI=1S/C21H15F3N2O2S2/c1-2-12-3-4-13(20(27)28)9-19(12)30-26-17-10-14(21(22,23)24)5-7-16(17)18-8-6-15(11-25)29-18/h3-10,26H,2H2,1H3,(H,27,28). The Morgan fingerprint density at radius 1 is 1.20 bits per heavy atom. The number of carboxylic acid groups (broad SMARTS) is 1. The normalized spacial score (nSPS) is 11.2. The first-order chi connectivity index (χ1) is 14.2. The van der Waals surface area contributed by atoms with Crippen molar-refractivity contribution in [3.63, 3.8) is 0 Å². The molecule has 0 radical (unpaired) electrons. The molecular weight excluding hydrogens is 433 g/mol. The average Bonchev–Trinajstić information content (AvgIpc) is 3.20. The Bertz CT molecular complexity index is 1130. The molecule has 30 heavy (non-hydrogen) atoms. The molecule has 0 aliphatic heterocycles. The number of thiophene rings is 1. The molecule has 1 aromatic heterocycles. The molecule has 0 fully saturated rings. The summed E-state index contributed by atoms with van der Waals surface area (Å²) in [6.45, 7) is 1.91. The van der Waals surface area contributed by atoms with E-state index in [1.807, 2.05) is 13.0 Å². The number of carbonyl (C=O) groups is 1. The molecule has 3 aromatic rings. The van der Waals surface area contributed by atoms with Crippen molar-refractivity contribution >= 4 is 34.9 Å². The summed E-state index contributed by atoms with van der Waals surface area (Å²) in [7, 11) is 0. The minimum atomic E-state index is -4.51. The summed E-state index contributed by atoms with van der Waals surface area (Å²) in [4.78, 5) is 13.0. The van der Waals surface area contributed by atoms with Crippen molar-refractivity contribution in [2.24, 2.45) is 0 Å². The zero-order chi connectivity index (χ0) is 21.9. The number of alkyl halides is 3. The van der Waals surface area contributed by atoms with Gasteiger partial charge in [-0.15, -0.1) is 11.3 Å². The predicted octanol–water partition coefficient (Wildman–Crippen LogP) is 6.69. The highest BCUT2D eigenvalue weighted by atomic mass is 32.2. The van der Waals surface area contributed by atoms with Gasteiger partial charge in [-0.3, -0.25) is 0 Å². The van der Waals surface area contributed by atoms with Gasteiger partial charge in [0.05, 0.1) is 16.8 Å². The van der Waals surface area contributed by atoms with Crippen molar-refractivity contribution < 1.29 is 23.1 Å². The summed E-state index contributed by atoms with van der Waals surface area (Å²) < 4.78 is 42.7. The van der Waals surface area contributed by atoms with Crippen molar-refractivity contribution in [1.82, 2.24) is 0 Å². The van der Waals surface area contributed by atoms with E-state index in [1.54, 1.807) is 18.2 Å². The molecule has 4 nitrogen and oxygen atoms in total. The number of aryl methyl sites for hydroxylation is 1. The van der Waals surface area contributed by atoms with E-state index >= 15 is 0 Å². The van der Waals surface area contributed by atoms with Gasteiger partial charge in [-0.25, -0.2) is 4.79 Å². The highest BCUT2D eigenvalue weighted by Gasteiger charge is 2.31. The molecule has 154 valence electrons. The number of nitrogens with one attached hydrogen (secondary N) is 1. The molecule has 0 aliphatic carbocycles. The van der Waals surface area contributed by atoms with Crippen LogP contribution in [0.5, 0.6) is 0 Å². The molecule has 0 bridgehead atoms. The van der Waals surface area contributed by atoms with Crippen LogP contribution in [0.4, 0.5) is 18.9 Å². The molecular formula is C21H15F3N2O2S2. The molecule has 0 amide bonds. The van der Waals surface area contributed by atoms with Gasteiger partial charge in [0.1, 0.15) is 10.9 Å². The number of aromatic carboxylic acids is 1. The Morgan fingerprint density at radius 2 is 1.97 bits per heavy atom. The summed E-state index contributed by atoms with van der Waals surface area (Å²) in [5.41, 5.74) is 0.909. The maximum Gasteiger partial charge on any atom is 0.416 e. The minimum Gasteiger partial charge on any atom is -0.478 e. The molecule has 1 heterocycles. The molecule has 0 aliphatic rings. The summed E-state index contributed by atoms with van der Waals surface area (Å²) in [6.07, 6.45) is -3.87. The van der Waals surface area contributed by atoms with Gasteiger partial charge in [0, 0.05) is 15.3 Å². The second-order valence-corrected chi connectivity index (χ2v) is 8.15. The van der Waals surface area contributed by atoms with Crippen LogP contribution in [0.1, 0.15) is 33.3 Å². The smallest absolute Gasteiger partial charge is 0.416 e. The SMILES string of the molecule is CCc1ccc(C(=O)O)cc1SNc1cc(C(F)(F)F)ccc1-c1ccc(C#N)s1. The Balaban J connectivity index is 2.01. The van der Waals surface area contributed by atoms with Gasteiger partial charge in [-0.1, -0.05) is 19.1 Å². The lowest BCUT2D eigenvalue weighted by atomic mass is 10.1. The van der Waals surface area contributed by atoms with E-state index in [9.17, 15) is 23.1 Å². The lowest BCUT2D eigenvalue weighted by molar-refractivity contribution is -0.137. The van der Waals surface area contributed by atoms with E-state index in [2.05, 4.69) is 4.72 Å². The van der Waals surface area contributed by atoms with Crippen molar-refractivity contribution in [2.45, 2.75) is 24.4 Å². The van der Waals surface area contributed by atoms with Gasteiger partial charge in [0.15, 0.2) is 0 Å². The number of hydrogen-bond donors (Lipinski definition) is 2. The quantitative estimate of drug-likeness (QED) is 0.411. The molecule has 0 saturated heterocycles. The van der Waals surface area contributed by atoms with Gasteiger partial charge >= 0.3 is 12.1 Å². The summed E-state index contributed by atoms with van der Waals surface area (Å²) in [5.74, 6) is -1.08. The van der Waals surface area contributed by atoms with Gasteiger partial charge in [-0.05, 0) is 60.3 Å². The Morgan fingerprint density at radius 3 is 2.57 bits per heavy atom. The average molecular weight is 448 g/mol. The fraction of sp³-hybridized carbons (Fsp3) is 0.143. The molecule has 3 rings (SSSR count). The van der Waals surface area contributed by atoms with Crippen molar-refractivity contribution in [3.05, 3.63) is 70.1 Å². The second kappa shape index (κ2) is 8.81. The van der Waals surface area contributed by atoms with Crippen LogP contribution >= 0.6 is 23.3 Å². The molecule has 2 aromatic carbocycles. The Kier molecular flexibility index (Phi) is 6.39. The van der Waals surface area contributed by atoms with Crippen LogP contribution in [0, 0.1) is 11.3 Å². The number of halogens is 3. The van der Waals surface area contributed by atoms with Crippen LogP contribution in [-0.4, -0.2) is 11.1 Å². The van der Waals surface area contributed by atoms with Crippen LogP contribution in [0.3, 0.4) is 0 Å². The molecule has 0 unspecified atom stereocenters. The third-order valence-corrected chi connectivity index (χ3v) is 6.24. The number of rotatable bonds is 6. The maximum atomic E-state index is 13.2. The van der Waals surface area contributed by atoms with E-state index in [0.717, 1.165) is 29.6 Å². The number of benzene rings is 2. The molecule has 2 N–H and O–H groups in total. The number of hydrogen-bond acceptors (Lipinski definition) is 5. The Labute approximate surface area is 179 Å². The lowest BCUT2D eigenvalue weighted by Crippen LogP contribution is -2.06. The minimum absolute atomic E-state index is 0.0951. The van der Waals surface area contributed by atoms with Gasteiger partial charge in [-0.2, -0.15) is 18.4 Å². The second-order valence-electron chi connectivity index (χ2n) is 6.22. The fourth-order valence-corrected chi connectivity index (χ4v) is 4.51. The first-order valence-corrected chi connectivity index (χ1v) is 10.4. The Hall–Kier alpha value is -2.96. The van der Waals surface area contributed by atoms with E-state index in [1.165, 1.54) is 29.5 Å². The van der Waals surface area contributed by atoms with Crippen molar-refractivity contribution in [1.29, 1.82) is 5.26 Å². The third kappa shape index (κ3) is 4.78. The van der Waals surface area contributed by atoms with E-state index in [0.29, 0.717) is 26.6 Å². The van der Waals surface area contributed by atoms with Crippen LogP contribution in [0.15, 0.2) is 53.4 Å². The fourth-order valence-electron chi connectivity index (χ4n) is 2.75. The van der Waals surface area contributed by atoms with Gasteiger partial charge in [0.25, 0.3) is 0 Å². The van der Waals surface area contributed by atoms with Crippen LogP contribution in [-0.2, 0) is 12.6 Å². The van der Waals surface area contributed by atoms with Crippen molar-refractivity contribution in [3.8, 4) is 16.5 Å². The summed E-state index contributed by atoms with van der Waals surface area (Å²) in [6, 6.07) is 13.4. The van der Waals surface area contributed by atoms with Crippen LogP contribution in [0.25, 0.3) is 10.4 Å². The van der Waals surface area contributed by atoms with Gasteiger partial charge in [0.2, 0.25) is 0 Å².